The summed E-state index contributed by atoms with van der Waals surface area (Å²) >= 11 is 0. The molecule has 15 aromatic heterocycles. The summed E-state index contributed by atoms with van der Waals surface area (Å²) in [5.74, 6) is -3.95. The largest absolute Gasteiger partial charge is 0.437 e. The highest BCUT2D eigenvalue weighted by molar-refractivity contribution is 6.14. The molecule has 15 heteroatoms. The molecule has 0 aliphatic heterocycles. The number of hydrogen-bond donors (Lipinski definition) is 0. The Morgan fingerprint density at radius 3 is 1.05 bits per heavy atom. The van der Waals surface area contributed by atoms with Crippen molar-refractivity contribution in [1.29, 1.82) is 0 Å². The van der Waals surface area contributed by atoms with Gasteiger partial charge in [-0.3, -0.25) is 0 Å². The first-order valence-corrected chi connectivity index (χ1v) is 38.7. The molecule has 600 valence electrons. The predicted molar refractivity (Wildman–Crippen MR) is 485 cm³/mol. The van der Waals surface area contributed by atoms with Gasteiger partial charge in [0.2, 0.25) is 57.0 Å². The van der Waals surface area contributed by atoms with Gasteiger partial charge in [0.15, 0.2) is 58.9 Å². The van der Waals surface area contributed by atoms with Gasteiger partial charge in [-0.2, -0.15) is 0 Å². The summed E-state index contributed by atoms with van der Waals surface area (Å²) < 4.78 is 269. The van der Waals surface area contributed by atoms with Crippen molar-refractivity contribution in [3.63, 3.8) is 0 Å². The molecule has 0 aliphatic carbocycles. The van der Waals surface area contributed by atoms with Crippen molar-refractivity contribution in [3.05, 3.63) is 297 Å². The summed E-state index contributed by atoms with van der Waals surface area (Å²) in [6, 6.07) is 43.1. The van der Waals surface area contributed by atoms with Crippen molar-refractivity contribution in [2.75, 3.05) is 0 Å². The van der Waals surface area contributed by atoms with Crippen molar-refractivity contribution in [2.45, 2.75) is 136 Å². The van der Waals surface area contributed by atoms with Crippen LogP contribution in [0.25, 0.3) is 167 Å². The summed E-state index contributed by atoms with van der Waals surface area (Å²) in [7, 11) is 8.90. The normalized spacial score (nSPS) is 17.1. The fraction of sp³-hybridized carbons (Fsp3) is 0.238. The van der Waals surface area contributed by atoms with Gasteiger partial charge >= 0.3 is 0 Å². The number of pyridine rings is 10. The van der Waals surface area contributed by atoms with Crippen molar-refractivity contribution in [3.8, 4) is 56.3 Å². The Morgan fingerprint density at radius 1 is 0.292 bits per heavy atom. The van der Waals surface area contributed by atoms with E-state index in [1.807, 2.05) is 106 Å². The smallest absolute Gasteiger partial charge is 0.227 e. The number of furan rings is 5. The molecular formula is C105H105N10O5+5. The molecule has 0 bridgehead atoms. The molecule has 0 saturated heterocycles. The fourth-order valence-corrected chi connectivity index (χ4v) is 16.0. The molecule has 0 N–H and O–H groups in total. The lowest BCUT2D eigenvalue weighted by atomic mass is 9.93. The van der Waals surface area contributed by atoms with E-state index >= 15 is 0 Å². The van der Waals surface area contributed by atoms with Crippen LogP contribution in [0.15, 0.2) is 230 Å². The maximum atomic E-state index is 8.66. The Bertz CT molecular complexity index is 8750. The molecular weight excluding hydrogens is 1480 g/mol. The molecule has 0 aliphatic rings. The number of aryl methyl sites for hydroxylation is 19. The van der Waals surface area contributed by atoms with Gasteiger partial charge in [-0.15, -0.1) is 0 Å². The molecule has 0 saturated carbocycles. The second-order valence-electron chi connectivity index (χ2n) is 30.4. The molecule has 2 unspecified atom stereocenters. The zero-order valence-electron chi connectivity index (χ0n) is 97.6. The van der Waals surface area contributed by atoms with Gasteiger partial charge in [-0.1, -0.05) is 70.0 Å². The average molecular weight is 1620 g/mol. The summed E-state index contributed by atoms with van der Waals surface area (Å²) in [5.41, 5.74) is 18.8. The number of hydrogen-bond acceptors (Lipinski definition) is 10. The Balaban J connectivity index is 0.000000133. The fourth-order valence-electron chi connectivity index (χ4n) is 16.0. The second kappa shape index (κ2) is 32.1. The zero-order chi connectivity index (χ0) is 109. The van der Waals surface area contributed by atoms with Gasteiger partial charge in [0, 0.05) is 183 Å². The number of benzene rings is 5. The lowest BCUT2D eigenvalue weighted by molar-refractivity contribution is -0.660. The molecule has 2 atom stereocenters. The van der Waals surface area contributed by atoms with E-state index in [-0.39, 0.29) is 50.2 Å². The monoisotopic (exact) mass is 1620 g/mol. The lowest BCUT2D eigenvalue weighted by Crippen LogP contribution is -2.32. The van der Waals surface area contributed by atoms with Crippen LogP contribution in [0, 0.1) is 96.4 Å². The highest BCUT2D eigenvalue weighted by Crippen LogP contribution is 2.44. The Hall–Kier alpha value is -13.4. The van der Waals surface area contributed by atoms with Crippen LogP contribution >= 0.6 is 0 Å². The molecule has 15 nitrogen and oxygen atoms in total. The van der Waals surface area contributed by atoms with Gasteiger partial charge in [0.05, 0.1) is 27.8 Å². The zero-order valence-corrected chi connectivity index (χ0v) is 68.6. The summed E-state index contributed by atoms with van der Waals surface area (Å²) in [4.78, 5) is 21.4. The Labute approximate surface area is 741 Å². The van der Waals surface area contributed by atoms with Gasteiger partial charge < -0.3 is 22.1 Å². The second-order valence-corrected chi connectivity index (χ2v) is 30.4. The van der Waals surface area contributed by atoms with Crippen LogP contribution < -0.4 is 22.8 Å². The van der Waals surface area contributed by atoms with Crippen molar-refractivity contribution < 1.29 is 84.7 Å². The maximum absolute atomic E-state index is 8.66. The number of rotatable bonds is 7. The minimum absolute atomic E-state index is 0.0836. The first-order chi connectivity index (χ1) is 69.1. The first-order valence-electron chi connectivity index (χ1n) is 53.2. The summed E-state index contributed by atoms with van der Waals surface area (Å²) in [6.45, 7) is -6.02. The maximum Gasteiger partial charge on any atom is 0.227 e. The highest BCUT2D eigenvalue weighted by Gasteiger charge is 2.30. The van der Waals surface area contributed by atoms with E-state index in [0.717, 1.165) is 94.4 Å². The average Bonchev–Trinajstić information content (AvgIpc) is 1.57. The molecule has 15 heterocycles. The van der Waals surface area contributed by atoms with Crippen molar-refractivity contribution >= 4 is 110 Å². The molecule has 20 aromatic rings. The van der Waals surface area contributed by atoms with Crippen LogP contribution in [0.3, 0.4) is 0 Å². The van der Waals surface area contributed by atoms with Crippen LogP contribution in [-0.2, 0) is 35.2 Å². The van der Waals surface area contributed by atoms with E-state index in [1.54, 1.807) is 173 Å². The topological polar surface area (TPSA) is 150 Å². The SMILES string of the molecule is [2H]C([2H])([2H])C([2H])(C)c1cc[n+](C)c(-c2c(C)ccc3c2oc2ncccc23)c1.[2H]C([2H])([2H])c1c[n+](C)c(-c2c(C)cc(C([2H])([2H])[2H])c3c2oc2ncccc23)cc1C.[2H]C([2H])([2H])c1c[n+](C)c(-c2c(C)cc(C([2H])([2H])[2H])c3c2oc2ncccc23)cc1C([2H])(C)C([2H])([2H])[2H].[2H]C([2H])([2H])c1c[n+](C)c(-c2c(C)ccc3c2oc2ncccc23)cc1C.[2H]C([2H])([2H])c1ccc(-c2c(C)cc(C([2H])([2H])[2H])c3c2oc2ncccc23)[n+](C)c1. The van der Waals surface area contributed by atoms with Gasteiger partial charge in [0.25, 0.3) is 0 Å². The van der Waals surface area contributed by atoms with Gasteiger partial charge in [-0.05, 0) is 242 Å². The molecule has 120 heavy (non-hydrogen) atoms. The number of aromatic nitrogens is 10. The molecule has 20 rings (SSSR count). The molecule has 0 amide bonds. The van der Waals surface area contributed by atoms with Gasteiger partial charge in [-0.25, -0.2) is 47.8 Å². The predicted octanol–water partition coefficient (Wildman–Crippen LogP) is 23.9. The van der Waals surface area contributed by atoms with E-state index in [0.29, 0.717) is 111 Å². The van der Waals surface area contributed by atoms with E-state index in [4.69, 9.17) is 61.8 Å². The Morgan fingerprint density at radius 2 is 0.650 bits per heavy atom. The van der Waals surface area contributed by atoms with Crippen LogP contribution in [0.1, 0.15) is 168 Å². The summed E-state index contributed by atoms with van der Waals surface area (Å²) in [5, 5.41) is 7.02. The van der Waals surface area contributed by atoms with E-state index < -0.39 is 73.5 Å². The van der Waals surface area contributed by atoms with E-state index in [9.17, 15) is 0 Å². The first kappa shape index (κ1) is 52.4. The molecule has 0 radical (unpaired) electrons. The number of nitrogens with zero attached hydrogens (tertiary/aromatic N) is 10. The molecule has 5 aromatic carbocycles. The standard InChI is InChI=1S/C23H25N2O.2C21H21N2O.2C20H19N2O/c1-13(2)18-11-19(25(6)12-16(18)5)21-15(4)10-14(3)20-17-8-7-9-24-23(17)26-22(20)21;1-12-10-17(23(5)11-15(12)4)19-14(3)9-13(2)18-16-7-6-8-22-21(16)24-20(18)19;1-13(2)15-9-11-23(4)18(12-15)19-14(3)7-8-16-17-6-5-10-22-21(17)24-20(16)19;1-12-7-8-15-16-6-5-9-21-20(16)23-19(15)18(12)17-10-13(2)14(3)11-22(17)4;1-12-7-8-16(22(4)11-12)18-14(3)10-13(2)17-15-6-5-9-21-20(15)23-19(17)18/h7-13H,1-6H3;6-11H,1-5H3;5-13H,1-4H3;2*5-11H,1-4H3/q5*+1/i1D3,3D3,5D3,13D;2D3,4D3;1D3,13D;3D3;1D3,2D3. The third kappa shape index (κ3) is 14.6. The van der Waals surface area contributed by atoms with E-state index in [1.165, 1.54) is 42.9 Å². The third-order valence-electron chi connectivity index (χ3n) is 22.0. The van der Waals surface area contributed by atoms with Crippen LogP contribution in [0.5, 0.6) is 0 Å². The molecule has 0 spiro atoms. The minimum Gasteiger partial charge on any atom is -0.437 e. The van der Waals surface area contributed by atoms with Crippen molar-refractivity contribution in [1.82, 2.24) is 24.9 Å². The lowest BCUT2D eigenvalue weighted by Gasteiger charge is -2.13. The van der Waals surface area contributed by atoms with E-state index in [2.05, 4.69) is 31.0 Å². The molecule has 0 fully saturated rings. The number of fused-ring (bicyclic) bond motifs is 15. The third-order valence-corrected chi connectivity index (χ3v) is 22.0. The summed E-state index contributed by atoms with van der Waals surface area (Å²) in [6.07, 6.45) is 16.1. The van der Waals surface area contributed by atoms with Gasteiger partial charge in [0.1, 0.15) is 35.2 Å². The van der Waals surface area contributed by atoms with Crippen LogP contribution in [0.4, 0.5) is 0 Å². The minimum atomic E-state index is -2.82. The van der Waals surface area contributed by atoms with Crippen LogP contribution in [-0.4, -0.2) is 24.9 Å². The quantitative estimate of drug-likeness (QED) is 0.141. The Kier molecular flexibility index (Phi) is 14.0. The highest BCUT2D eigenvalue weighted by atomic mass is 16.4. The van der Waals surface area contributed by atoms with Crippen LogP contribution in [0.2, 0.25) is 0 Å². The van der Waals surface area contributed by atoms with Crippen molar-refractivity contribution in [2.24, 2.45) is 35.2 Å².